The molecule has 0 heterocycles. The number of nitrogens with one attached hydrogen (secondary N) is 2. The van der Waals surface area contributed by atoms with Crippen LogP contribution in [0.4, 0.5) is 5.69 Å². The van der Waals surface area contributed by atoms with E-state index < -0.39 is 12.0 Å². The molecule has 1 amide bonds. The summed E-state index contributed by atoms with van der Waals surface area (Å²) in [6.45, 7) is 7.84. The van der Waals surface area contributed by atoms with Crippen molar-refractivity contribution in [1.29, 1.82) is 0 Å². The first-order chi connectivity index (χ1) is 10.8. The molecule has 0 aliphatic heterocycles. The maximum atomic E-state index is 12.2. The summed E-state index contributed by atoms with van der Waals surface area (Å²) in [5, 5.41) is 15.2. The van der Waals surface area contributed by atoms with Crippen LogP contribution in [0, 0.1) is 13.8 Å². The molecule has 1 aromatic carbocycles. The Morgan fingerprint density at radius 1 is 1.26 bits per heavy atom. The number of carbonyl (C=O) groups is 2. The van der Waals surface area contributed by atoms with Gasteiger partial charge in [0.15, 0.2) is 0 Å². The van der Waals surface area contributed by atoms with Gasteiger partial charge in [-0.25, -0.2) is 0 Å². The van der Waals surface area contributed by atoms with Crippen molar-refractivity contribution in [3.8, 4) is 0 Å². The highest BCUT2D eigenvalue weighted by Gasteiger charge is 2.20. The number of hydrogen-bond donors (Lipinski definition) is 3. The van der Waals surface area contributed by atoms with E-state index in [0.29, 0.717) is 6.42 Å². The first kappa shape index (κ1) is 19.2. The van der Waals surface area contributed by atoms with Crippen LogP contribution >= 0.6 is 0 Å². The number of hydrogen-bond acceptors (Lipinski definition) is 3. The van der Waals surface area contributed by atoms with Gasteiger partial charge in [-0.15, -0.1) is 0 Å². The zero-order valence-electron chi connectivity index (χ0n) is 14.5. The second-order valence-electron chi connectivity index (χ2n) is 6.10. The minimum absolute atomic E-state index is 0.113. The second-order valence-corrected chi connectivity index (χ2v) is 6.10. The molecule has 0 radical (unpaired) electrons. The van der Waals surface area contributed by atoms with Gasteiger partial charge in [-0.2, -0.15) is 0 Å². The molecule has 1 aromatic rings. The van der Waals surface area contributed by atoms with E-state index in [2.05, 4.69) is 10.6 Å². The minimum atomic E-state index is -0.861. The molecule has 0 fully saturated rings. The van der Waals surface area contributed by atoms with Gasteiger partial charge in [-0.1, -0.05) is 31.9 Å². The van der Waals surface area contributed by atoms with Crippen LogP contribution in [0.25, 0.3) is 0 Å². The summed E-state index contributed by atoms with van der Waals surface area (Å²) in [6, 6.07) is 4.99. The van der Waals surface area contributed by atoms with Gasteiger partial charge in [-0.3, -0.25) is 9.59 Å². The molecule has 0 spiro atoms. The van der Waals surface area contributed by atoms with E-state index in [0.717, 1.165) is 29.7 Å². The molecule has 2 atom stereocenters. The fraction of sp³-hybridized carbons (Fsp3) is 0.556. The van der Waals surface area contributed by atoms with Gasteiger partial charge >= 0.3 is 5.97 Å². The Morgan fingerprint density at radius 3 is 2.57 bits per heavy atom. The Morgan fingerprint density at radius 2 is 1.96 bits per heavy atom. The van der Waals surface area contributed by atoms with Gasteiger partial charge < -0.3 is 15.7 Å². The molecule has 3 N–H and O–H groups in total. The van der Waals surface area contributed by atoms with Crippen molar-refractivity contribution in [1.82, 2.24) is 5.32 Å². The molecule has 5 nitrogen and oxygen atoms in total. The van der Waals surface area contributed by atoms with Crippen molar-refractivity contribution in [2.24, 2.45) is 0 Å². The van der Waals surface area contributed by atoms with Gasteiger partial charge in [0.25, 0.3) is 0 Å². The fourth-order valence-electron chi connectivity index (χ4n) is 2.45. The summed E-state index contributed by atoms with van der Waals surface area (Å²) in [6.07, 6.45) is 2.62. The number of carboxylic acids is 1. The van der Waals surface area contributed by atoms with Crippen LogP contribution in [0.1, 0.15) is 50.7 Å². The molecule has 0 bridgehead atoms. The molecule has 2 unspecified atom stereocenters. The lowest BCUT2D eigenvalue weighted by molar-refractivity contribution is -0.140. The predicted octanol–water partition coefficient (Wildman–Crippen LogP) is 3.25. The molecule has 0 saturated carbocycles. The van der Waals surface area contributed by atoms with Gasteiger partial charge in [0.05, 0.1) is 0 Å². The van der Waals surface area contributed by atoms with E-state index in [4.69, 9.17) is 0 Å². The Balaban J connectivity index is 2.55. The molecule has 128 valence electrons. The lowest BCUT2D eigenvalue weighted by atomic mass is 10.1. The normalized spacial score (nSPS) is 13.4. The molecule has 23 heavy (non-hydrogen) atoms. The van der Waals surface area contributed by atoms with Crippen molar-refractivity contribution in [3.63, 3.8) is 0 Å². The zero-order valence-corrected chi connectivity index (χ0v) is 14.5. The topological polar surface area (TPSA) is 78.4 Å². The highest BCUT2D eigenvalue weighted by atomic mass is 16.4. The molecule has 0 aliphatic rings. The van der Waals surface area contributed by atoms with E-state index in [-0.39, 0.29) is 18.4 Å². The van der Waals surface area contributed by atoms with Crippen molar-refractivity contribution in [3.05, 3.63) is 29.3 Å². The number of benzene rings is 1. The van der Waals surface area contributed by atoms with E-state index in [1.807, 2.05) is 45.9 Å². The SMILES string of the molecule is CCCCC(NC(C)CC(=O)Nc1cccc(C)c1C)C(=O)O. The van der Waals surface area contributed by atoms with Crippen LogP contribution in [0.2, 0.25) is 0 Å². The summed E-state index contributed by atoms with van der Waals surface area (Å²) in [4.78, 5) is 23.4. The zero-order chi connectivity index (χ0) is 17.4. The van der Waals surface area contributed by atoms with Gasteiger partial charge in [0.2, 0.25) is 5.91 Å². The Hall–Kier alpha value is -1.88. The molecular formula is C18H28N2O3. The van der Waals surface area contributed by atoms with E-state index >= 15 is 0 Å². The molecule has 0 aromatic heterocycles. The first-order valence-electron chi connectivity index (χ1n) is 8.20. The maximum Gasteiger partial charge on any atom is 0.320 e. The van der Waals surface area contributed by atoms with E-state index in [1.54, 1.807) is 0 Å². The van der Waals surface area contributed by atoms with Gasteiger partial charge in [0, 0.05) is 18.2 Å². The summed E-state index contributed by atoms with van der Waals surface area (Å²) in [7, 11) is 0. The Bertz CT molecular complexity index is 543. The Kier molecular flexibility index (Phi) is 7.75. The fourth-order valence-corrected chi connectivity index (χ4v) is 2.45. The second kappa shape index (κ2) is 9.30. The highest BCUT2D eigenvalue weighted by molar-refractivity contribution is 5.92. The van der Waals surface area contributed by atoms with Crippen LogP contribution in [0.3, 0.4) is 0 Å². The summed E-state index contributed by atoms with van der Waals surface area (Å²) in [5.74, 6) is -0.974. The number of carboxylic acid groups (broad SMARTS) is 1. The Labute approximate surface area is 138 Å². The van der Waals surface area contributed by atoms with Crippen molar-refractivity contribution < 1.29 is 14.7 Å². The highest BCUT2D eigenvalue weighted by Crippen LogP contribution is 2.18. The minimum Gasteiger partial charge on any atom is -0.480 e. The maximum absolute atomic E-state index is 12.2. The number of aryl methyl sites for hydroxylation is 1. The van der Waals surface area contributed by atoms with Crippen molar-refractivity contribution in [2.75, 3.05) is 5.32 Å². The summed E-state index contributed by atoms with van der Waals surface area (Å²) < 4.78 is 0. The quantitative estimate of drug-likeness (QED) is 0.652. The molecule has 0 aliphatic carbocycles. The number of amides is 1. The largest absolute Gasteiger partial charge is 0.480 e. The summed E-state index contributed by atoms with van der Waals surface area (Å²) >= 11 is 0. The van der Waals surface area contributed by atoms with Crippen LogP contribution in [-0.4, -0.2) is 29.1 Å². The molecule has 5 heteroatoms. The van der Waals surface area contributed by atoms with Crippen LogP contribution in [-0.2, 0) is 9.59 Å². The molecular weight excluding hydrogens is 292 g/mol. The smallest absolute Gasteiger partial charge is 0.320 e. The number of anilines is 1. The lowest BCUT2D eigenvalue weighted by Crippen LogP contribution is -2.43. The number of aliphatic carboxylic acids is 1. The number of unbranched alkanes of at least 4 members (excludes halogenated alkanes) is 1. The number of carbonyl (C=O) groups excluding carboxylic acids is 1. The first-order valence-corrected chi connectivity index (χ1v) is 8.20. The average molecular weight is 320 g/mol. The van der Waals surface area contributed by atoms with Gasteiger partial charge in [0.1, 0.15) is 6.04 Å². The van der Waals surface area contributed by atoms with E-state index in [1.165, 1.54) is 0 Å². The van der Waals surface area contributed by atoms with E-state index in [9.17, 15) is 14.7 Å². The standard InChI is InChI=1S/C18H28N2O3/c1-5-6-9-16(18(22)23)19-13(3)11-17(21)20-15-10-7-8-12(2)14(15)4/h7-8,10,13,16,19H,5-6,9,11H2,1-4H3,(H,20,21)(H,22,23). The third-order valence-electron chi connectivity index (χ3n) is 4.00. The predicted molar refractivity (Wildman–Crippen MR) is 92.7 cm³/mol. The van der Waals surface area contributed by atoms with Crippen LogP contribution in [0.15, 0.2) is 18.2 Å². The van der Waals surface area contributed by atoms with Crippen LogP contribution < -0.4 is 10.6 Å². The monoisotopic (exact) mass is 320 g/mol. The van der Waals surface area contributed by atoms with Crippen molar-refractivity contribution in [2.45, 2.75) is 65.5 Å². The lowest BCUT2D eigenvalue weighted by Gasteiger charge is -2.20. The molecule has 0 saturated heterocycles. The average Bonchev–Trinajstić information content (AvgIpc) is 2.47. The third-order valence-corrected chi connectivity index (χ3v) is 4.00. The van der Waals surface area contributed by atoms with Gasteiger partial charge in [-0.05, 0) is 44.4 Å². The molecule has 1 rings (SSSR count). The summed E-state index contributed by atoms with van der Waals surface area (Å²) in [5.41, 5.74) is 2.98. The third kappa shape index (κ3) is 6.40. The van der Waals surface area contributed by atoms with Crippen LogP contribution in [0.5, 0.6) is 0 Å². The van der Waals surface area contributed by atoms with Crippen molar-refractivity contribution >= 4 is 17.6 Å². The number of rotatable bonds is 9.